The highest BCUT2D eigenvalue weighted by atomic mass is 35.5. The first kappa shape index (κ1) is 45.9. The van der Waals surface area contributed by atoms with E-state index in [4.69, 9.17) is 23.2 Å². The minimum absolute atomic E-state index is 0. The molecule has 13 heteroatoms. The predicted molar refractivity (Wildman–Crippen MR) is 233 cm³/mol. The second-order valence-electron chi connectivity index (χ2n) is 14.7. The molecule has 2 atom stereocenters. The molecule has 2 unspecified atom stereocenters. The molecular formula is C44H50Cl4N4O5. The van der Waals surface area contributed by atoms with Gasteiger partial charge in [0.2, 0.25) is 11.8 Å². The van der Waals surface area contributed by atoms with E-state index in [1.54, 1.807) is 0 Å². The van der Waals surface area contributed by atoms with E-state index in [-0.39, 0.29) is 65.5 Å². The maximum atomic E-state index is 13.1. The van der Waals surface area contributed by atoms with Crippen molar-refractivity contribution in [2.45, 2.75) is 64.2 Å². The molecule has 0 fully saturated rings. The van der Waals surface area contributed by atoms with Gasteiger partial charge >= 0.3 is 0 Å². The van der Waals surface area contributed by atoms with Crippen LogP contribution in [-0.2, 0) is 48.1 Å². The Morgan fingerprint density at radius 1 is 0.561 bits per heavy atom. The van der Waals surface area contributed by atoms with E-state index in [2.05, 4.69) is 45.5 Å². The zero-order valence-corrected chi connectivity index (χ0v) is 34.8. The number of halogens is 4. The highest BCUT2D eigenvalue weighted by Gasteiger charge is 2.35. The standard InChI is InChI=1S/2C22H23ClN2O2.2ClH.H2O/c2*23-18-12-15-6-7-16(13-24-11-10-14-4-2-1-3-5-14)22(27)20(15)17-8-9-19(26)25-21(17)18;;;/h2*1-5,12,16,24H,6-11,13H2,(H,25,26);2*1H;1H2. The Hall–Kier alpha value is -3.80. The Labute approximate surface area is 356 Å². The average molecular weight is 857 g/mol. The summed E-state index contributed by atoms with van der Waals surface area (Å²) in [5.74, 6) is 0.269. The highest BCUT2D eigenvalue weighted by Crippen LogP contribution is 2.41. The molecule has 0 saturated heterocycles. The zero-order valence-electron chi connectivity index (χ0n) is 31.7. The van der Waals surface area contributed by atoms with Crippen LogP contribution in [0.25, 0.3) is 0 Å². The van der Waals surface area contributed by atoms with Crippen LogP contribution in [0.4, 0.5) is 11.4 Å². The van der Waals surface area contributed by atoms with Crippen LogP contribution < -0.4 is 21.3 Å². The molecule has 57 heavy (non-hydrogen) atoms. The molecule has 8 rings (SSSR count). The number of carbonyl (C=O) groups excluding carboxylic acids is 4. The number of carbonyl (C=O) groups is 4. The van der Waals surface area contributed by atoms with Gasteiger partial charge in [-0.1, -0.05) is 83.9 Å². The van der Waals surface area contributed by atoms with Gasteiger partial charge in [-0.15, -0.1) is 24.8 Å². The molecule has 4 aromatic rings. The van der Waals surface area contributed by atoms with Crippen LogP contribution in [-0.4, -0.2) is 55.0 Å². The maximum Gasteiger partial charge on any atom is 0.224 e. The summed E-state index contributed by atoms with van der Waals surface area (Å²) < 4.78 is 0. The molecule has 0 aromatic heterocycles. The minimum atomic E-state index is -0.0354. The monoisotopic (exact) mass is 854 g/mol. The number of Topliss-reactive ketones (excluding diaryl/α,β-unsaturated/α-hetero) is 2. The molecule has 0 bridgehead atoms. The molecule has 2 amide bonds. The van der Waals surface area contributed by atoms with Crippen LogP contribution in [0.2, 0.25) is 10.0 Å². The number of aryl methyl sites for hydroxylation is 2. The van der Waals surface area contributed by atoms with Crippen molar-refractivity contribution in [2.24, 2.45) is 11.8 Å². The summed E-state index contributed by atoms with van der Waals surface area (Å²) in [6.45, 7) is 3.09. The summed E-state index contributed by atoms with van der Waals surface area (Å²) in [6, 6.07) is 24.4. The zero-order chi connectivity index (χ0) is 37.6. The molecular weight excluding hydrogens is 806 g/mol. The molecule has 2 aliphatic carbocycles. The third-order valence-corrected chi connectivity index (χ3v) is 11.7. The second-order valence-corrected chi connectivity index (χ2v) is 15.5. The number of amides is 2. The highest BCUT2D eigenvalue weighted by molar-refractivity contribution is 6.35. The first-order valence-corrected chi connectivity index (χ1v) is 19.9. The molecule has 2 aliphatic heterocycles. The van der Waals surface area contributed by atoms with Gasteiger partial charge in [-0.05, 0) is 110 Å². The summed E-state index contributed by atoms with van der Waals surface area (Å²) >= 11 is 12.7. The van der Waals surface area contributed by atoms with Crippen molar-refractivity contribution in [1.29, 1.82) is 0 Å². The molecule has 6 N–H and O–H groups in total. The molecule has 2 heterocycles. The Balaban J connectivity index is 0.000000240. The van der Waals surface area contributed by atoms with E-state index in [0.717, 1.165) is 85.0 Å². The molecule has 4 aromatic carbocycles. The third-order valence-electron chi connectivity index (χ3n) is 11.1. The van der Waals surface area contributed by atoms with Crippen molar-refractivity contribution in [3.05, 3.63) is 127 Å². The van der Waals surface area contributed by atoms with E-state index >= 15 is 0 Å². The van der Waals surface area contributed by atoms with Crippen LogP contribution in [0.15, 0.2) is 72.8 Å². The number of anilines is 2. The molecule has 304 valence electrons. The SMILES string of the molecule is Cl.Cl.O.O=C1CCc2c(c(Cl)cc3c2C(=O)C(CNCCc2ccccc2)CC3)N1.O=C1CCc2c(c(Cl)cc3c2C(=O)C(CNCCc2ccccc2)CC3)N1. The molecule has 0 spiro atoms. The van der Waals surface area contributed by atoms with Gasteiger partial charge in [-0.3, -0.25) is 19.2 Å². The lowest BCUT2D eigenvalue weighted by Crippen LogP contribution is -2.35. The number of rotatable bonds is 10. The van der Waals surface area contributed by atoms with Crippen LogP contribution >= 0.6 is 48.0 Å². The molecule has 9 nitrogen and oxygen atoms in total. The van der Waals surface area contributed by atoms with Gasteiger partial charge in [0, 0.05) is 48.9 Å². The van der Waals surface area contributed by atoms with Gasteiger partial charge in [-0.2, -0.15) is 0 Å². The summed E-state index contributed by atoms with van der Waals surface area (Å²) in [4.78, 5) is 49.7. The Morgan fingerprint density at radius 3 is 1.33 bits per heavy atom. The maximum absolute atomic E-state index is 13.1. The van der Waals surface area contributed by atoms with Crippen molar-refractivity contribution in [2.75, 3.05) is 36.8 Å². The third kappa shape index (κ3) is 10.8. The van der Waals surface area contributed by atoms with Gasteiger partial charge in [0.1, 0.15) is 0 Å². The lowest BCUT2D eigenvalue weighted by molar-refractivity contribution is -0.117. The number of fused-ring (bicyclic) bond motifs is 6. The van der Waals surface area contributed by atoms with Crippen LogP contribution in [0.5, 0.6) is 0 Å². The quantitative estimate of drug-likeness (QED) is 0.121. The van der Waals surface area contributed by atoms with E-state index in [9.17, 15) is 19.2 Å². The fourth-order valence-electron chi connectivity index (χ4n) is 8.21. The van der Waals surface area contributed by atoms with Gasteiger partial charge < -0.3 is 26.7 Å². The van der Waals surface area contributed by atoms with Gasteiger partial charge in [0.15, 0.2) is 11.6 Å². The van der Waals surface area contributed by atoms with Gasteiger partial charge in [0.05, 0.1) is 21.4 Å². The molecule has 0 saturated carbocycles. The van der Waals surface area contributed by atoms with E-state index < -0.39 is 0 Å². The van der Waals surface area contributed by atoms with E-state index in [0.29, 0.717) is 60.2 Å². The average Bonchev–Trinajstić information content (AvgIpc) is 3.18. The van der Waals surface area contributed by atoms with E-state index in [1.165, 1.54) is 11.1 Å². The van der Waals surface area contributed by atoms with Crippen LogP contribution in [0.1, 0.15) is 79.8 Å². The van der Waals surface area contributed by atoms with Crippen LogP contribution in [0, 0.1) is 11.8 Å². The van der Waals surface area contributed by atoms with Gasteiger partial charge in [-0.25, -0.2) is 0 Å². The predicted octanol–water partition coefficient (Wildman–Crippen LogP) is 7.62. The largest absolute Gasteiger partial charge is 0.412 e. The lowest BCUT2D eigenvalue weighted by Gasteiger charge is -2.29. The summed E-state index contributed by atoms with van der Waals surface area (Å²) in [5.41, 5.74) is 9.38. The number of nitrogens with one attached hydrogen (secondary N) is 4. The van der Waals surface area contributed by atoms with Crippen molar-refractivity contribution in [3.8, 4) is 0 Å². The topological polar surface area (TPSA) is 148 Å². The number of hydrogen-bond donors (Lipinski definition) is 4. The number of ketones is 2. The second kappa shape index (κ2) is 21.3. The summed E-state index contributed by atoms with van der Waals surface area (Å²) in [5, 5.41) is 13.7. The summed E-state index contributed by atoms with van der Waals surface area (Å²) in [7, 11) is 0. The first-order chi connectivity index (χ1) is 26.3. The Morgan fingerprint density at radius 2 is 0.947 bits per heavy atom. The smallest absolute Gasteiger partial charge is 0.224 e. The Bertz CT molecular complexity index is 1920. The molecule has 0 radical (unpaired) electrons. The van der Waals surface area contributed by atoms with Crippen LogP contribution in [0.3, 0.4) is 0 Å². The summed E-state index contributed by atoms with van der Waals surface area (Å²) in [6.07, 6.45) is 7.29. The fraction of sp³-hybridized carbons (Fsp3) is 0.364. The van der Waals surface area contributed by atoms with Crippen molar-refractivity contribution in [1.82, 2.24) is 10.6 Å². The number of benzene rings is 4. The van der Waals surface area contributed by atoms with Crippen molar-refractivity contribution < 1.29 is 24.7 Å². The number of hydrogen-bond acceptors (Lipinski definition) is 6. The van der Waals surface area contributed by atoms with Crippen molar-refractivity contribution in [3.63, 3.8) is 0 Å². The Kier molecular flexibility index (Phi) is 17.1. The fourth-order valence-corrected chi connectivity index (χ4v) is 8.79. The minimum Gasteiger partial charge on any atom is -0.412 e. The first-order valence-electron chi connectivity index (χ1n) is 19.1. The van der Waals surface area contributed by atoms with E-state index in [1.807, 2.05) is 48.5 Å². The lowest BCUT2D eigenvalue weighted by atomic mass is 9.78. The normalized spacial score (nSPS) is 17.6. The van der Waals surface area contributed by atoms with Gasteiger partial charge in [0.25, 0.3) is 0 Å². The van der Waals surface area contributed by atoms with Crippen molar-refractivity contribution >= 4 is 82.8 Å². The molecule has 4 aliphatic rings.